The van der Waals surface area contributed by atoms with E-state index in [-0.39, 0.29) is 36.7 Å². The zero-order valence-corrected chi connectivity index (χ0v) is 19.4. The van der Waals surface area contributed by atoms with Crippen LogP contribution < -0.4 is 5.32 Å². The minimum atomic E-state index is -0.875. The molecule has 2 heterocycles. The number of hydrogen-bond donors (Lipinski definition) is 1. The molecule has 2 aromatic carbocycles. The van der Waals surface area contributed by atoms with Crippen molar-refractivity contribution in [3.8, 4) is 0 Å². The Morgan fingerprint density at radius 3 is 2.61 bits per heavy atom. The van der Waals surface area contributed by atoms with Crippen LogP contribution in [0.1, 0.15) is 22.3 Å². The van der Waals surface area contributed by atoms with Crippen molar-refractivity contribution in [2.75, 3.05) is 13.2 Å². The van der Waals surface area contributed by atoms with E-state index in [1.807, 2.05) is 0 Å². The summed E-state index contributed by atoms with van der Waals surface area (Å²) in [5, 5.41) is 3.60. The molecule has 3 unspecified atom stereocenters. The molecule has 0 aliphatic carbocycles. The number of benzene rings is 2. The van der Waals surface area contributed by atoms with Gasteiger partial charge in [0.1, 0.15) is 18.7 Å². The second kappa shape index (κ2) is 9.28. The van der Waals surface area contributed by atoms with Crippen molar-refractivity contribution in [3.05, 3.63) is 68.1 Å². The van der Waals surface area contributed by atoms with E-state index in [9.17, 15) is 14.4 Å². The van der Waals surface area contributed by atoms with Crippen molar-refractivity contribution in [2.45, 2.75) is 31.0 Å². The molecule has 31 heavy (non-hydrogen) atoms. The van der Waals surface area contributed by atoms with Crippen LogP contribution in [0.15, 0.2) is 46.9 Å². The molecule has 6 nitrogen and oxygen atoms in total. The summed E-state index contributed by atoms with van der Waals surface area (Å²) in [5.41, 5.74) is 1.17. The Bertz CT molecular complexity index is 1030. The molecule has 2 aliphatic rings. The first kappa shape index (κ1) is 22.3. The Balaban J connectivity index is 1.59. The van der Waals surface area contributed by atoms with Crippen molar-refractivity contribution in [1.29, 1.82) is 0 Å². The number of carbonyl (C=O) groups excluding carboxylic acids is 3. The van der Waals surface area contributed by atoms with Crippen molar-refractivity contribution < 1.29 is 19.1 Å². The van der Waals surface area contributed by atoms with Crippen LogP contribution in [-0.2, 0) is 20.7 Å². The first-order valence-electron chi connectivity index (χ1n) is 9.78. The minimum absolute atomic E-state index is 0.0157. The van der Waals surface area contributed by atoms with Crippen LogP contribution >= 0.6 is 39.1 Å². The number of nitrogens with zero attached hydrogens (tertiary/aromatic N) is 1. The molecule has 3 atom stereocenters. The van der Waals surface area contributed by atoms with Crippen LogP contribution in [0.25, 0.3) is 0 Å². The number of amides is 2. The zero-order valence-electron chi connectivity index (χ0n) is 16.3. The SMILES string of the molecule is O=C(NC(Cc1ccc(Cl)c(Cl)c1)C(=O)N1CCC2OCC(=O)C21)c1ccc(Br)cc1. The summed E-state index contributed by atoms with van der Waals surface area (Å²) in [6.45, 7) is 0.424. The highest BCUT2D eigenvalue weighted by molar-refractivity contribution is 9.10. The molecule has 9 heteroatoms. The third kappa shape index (κ3) is 4.80. The maximum atomic E-state index is 13.4. The van der Waals surface area contributed by atoms with E-state index in [0.29, 0.717) is 28.6 Å². The maximum Gasteiger partial charge on any atom is 0.251 e. The lowest BCUT2D eigenvalue weighted by molar-refractivity contribution is -0.138. The van der Waals surface area contributed by atoms with Crippen LogP contribution in [-0.4, -0.2) is 53.8 Å². The molecule has 162 valence electrons. The molecular weight excluding hydrogens is 507 g/mol. The Labute approximate surface area is 198 Å². The molecule has 2 fully saturated rings. The summed E-state index contributed by atoms with van der Waals surface area (Å²) < 4.78 is 6.33. The fraction of sp³-hybridized carbons (Fsp3) is 0.318. The predicted octanol–water partition coefficient (Wildman–Crippen LogP) is 3.67. The van der Waals surface area contributed by atoms with Crippen molar-refractivity contribution in [3.63, 3.8) is 0 Å². The topological polar surface area (TPSA) is 75.7 Å². The van der Waals surface area contributed by atoms with E-state index >= 15 is 0 Å². The monoisotopic (exact) mass is 524 g/mol. The average molecular weight is 526 g/mol. The first-order chi connectivity index (χ1) is 14.8. The van der Waals surface area contributed by atoms with Crippen LogP contribution in [0.4, 0.5) is 0 Å². The molecule has 2 amide bonds. The fourth-order valence-corrected chi connectivity index (χ4v) is 4.57. The molecule has 0 bridgehead atoms. The number of Topliss-reactive ketones (excluding diaryl/α,β-unsaturated/α-hetero) is 1. The van der Waals surface area contributed by atoms with E-state index in [0.717, 1.165) is 10.0 Å². The van der Waals surface area contributed by atoms with Crippen LogP contribution in [0.3, 0.4) is 0 Å². The van der Waals surface area contributed by atoms with Crippen molar-refractivity contribution in [2.24, 2.45) is 0 Å². The number of rotatable bonds is 5. The number of fused-ring (bicyclic) bond motifs is 1. The van der Waals surface area contributed by atoms with Gasteiger partial charge in [-0.25, -0.2) is 0 Å². The van der Waals surface area contributed by atoms with E-state index in [1.165, 1.54) is 4.90 Å². The largest absolute Gasteiger partial charge is 0.368 e. The highest BCUT2D eigenvalue weighted by Gasteiger charge is 2.48. The molecule has 0 radical (unpaired) electrons. The first-order valence-corrected chi connectivity index (χ1v) is 11.3. The maximum absolute atomic E-state index is 13.4. The lowest BCUT2D eigenvalue weighted by atomic mass is 10.0. The summed E-state index contributed by atoms with van der Waals surface area (Å²) in [5.74, 6) is -0.804. The predicted molar refractivity (Wildman–Crippen MR) is 120 cm³/mol. The molecule has 0 spiro atoms. The van der Waals surface area contributed by atoms with E-state index < -0.39 is 12.1 Å². The molecule has 1 N–H and O–H groups in total. The second-order valence-electron chi connectivity index (χ2n) is 7.57. The quantitative estimate of drug-likeness (QED) is 0.646. The Morgan fingerprint density at radius 2 is 1.90 bits per heavy atom. The van der Waals surface area contributed by atoms with Crippen molar-refractivity contribution >= 4 is 56.7 Å². The summed E-state index contributed by atoms with van der Waals surface area (Å²) in [6.07, 6.45) is 0.535. The number of nitrogens with one attached hydrogen (secondary N) is 1. The summed E-state index contributed by atoms with van der Waals surface area (Å²) in [6, 6.07) is 10.5. The highest BCUT2D eigenvalue weighted by atomic mass is 79.9. The number of ketones is 1. The molecule has 4 rings (SSSR count). The average Bonchev–Trinajstić information content (AvgIpc) is 3.33. The van der Waals surface area contributed by atoms with Gasteiger partial charge in [-0.05, 0) is 48.4 Å². The lowest BCUT2D eigenvalue weighted by Gasteiger charge is -2.27. The molecule has 0 aromatic heterocycles. The molecule has 0 saturated carbocycles. The van der Waals surface area contributed by atoms with Gasteiger partial charge in [-0.1, -0.05) is 45.2 Å². The molecular formula is C22H19BrCl2N2O4. The zero-order chi connectivity index (χ0) is 22.1. The number of likely N-dealkylation sites (tertiary alicyclic amines) is 1. The fourth-order valence-electron chi connectivity index (χ4n) is 3.99. The Hall–Kier alpha value is -1.93. The van der Waals surface area contributed by atoms with Crippen LogP contribution in [0.5, 0.6) is 0 Å². The third-order valence-corrected chi connectivity index (χ3v) is 6.80. The van der Waals surface area contributed by atoms with Gasteiger partial charge in [0.2, 0.25) is 5.91 Å². The van der Waals surface area contributed by atoms with Gasteiger partial charge in [-0.3, -0.25) is 14.4 Å². The van der Waals surface area contributed by atoms with Gasteiger partial charge >= 0.3 is 0 Å². The van der Waals surface area contributed by atoms with E-state index in [4.69, 9.17) is 27.9 Å². The lowest BCUT2D eigenvalue weighted by Crippen LogP contribution is -2.53. The van der Waals surface area contributed by atoms with Gasteiger partial charge in [-0.15, -0.1) is 0 Å². The summed E-state index contributed by atoms with van der Waals surface area (Å²) in [7, 11) is 0. The normalized spacial score (nSPS) is 21.1. The number of halogens is 3. The van der Waals surface area contributed by atoms with Gasteiger partial charge in [0.25, 0.3) is 5.91 Å². The third-order valence-electron chi connectivity index (χ3n) is 5.53. The number of hydrogen-bond acceptors (Lipinski definition) is 4. The summed E-state index contributed by atoms with van der Waals surface area (Å²) >= 11 is 15.5. The van der Waals surface area contributed by atoms with Crippen molar-refractivity contribution in [1.82, 2.24) is 10.2 Å². The second-order valence-corrected chi connectivity index (χ2v) is 9.30. The highest BCUT2D eigenvalue weighted by Crippen LogP contribution is 2.28. The van der Waals surface area contributed by atoms with E-state index in [2.05, 4.69) is 21.2 Å². The number of ether oxygens (including phenoxy) is 1. The molecule has 2 aromatic rings. The standard InChI is InChI=1S/C22H19BrCl2N2O4/c23-14-4-2-13(3-5-14)21(29)26-17(10-12-1-6-15(24)16(25)9-12)22(30)27-8-7-19-20(27)18(28)11-31-19/h1-6,9,17,19-20H,7-8,10-11H2,(H,26,29). The number of carbonyl (C=O) groups is 3. The van der Waals surface area contributed by atoms with Crippen LogP contribution in [0, 0.1) is 0 Å². The molecule has 2 saturated heterocycles. The van der Waals surface area contributed by atoms with Crippen LogP contribution in [0.2, 0.25) is 10.0 Å². The van der Waals surface area contributed by atoms with Gasteiger partial charge < -0.3 is 15.0 Å². The Kier molecular flexibility index (Phi) is 6.67. The summed E-state index contributed by atoms with van der Waals surface area (Å²) in [4.78, 5) is 40.1. The van der Waals surface area contributed by atoms with Gasteiger partial charge in [0, 0.05) is 23.0 Å². The minimum Gasteiger partial charge on any atom is -0.368 e. The van der Waals surface area contributed by atoms with Gasteiger partial charge in [0.05, 0.1) is 16.1 Å². The molecule has 2 aliphatic heterocycles. The van der Waals surface area contributed by atoms with E-state index in [1.54, 1.807) is 42.5 Å². The smallest absolute Gasteiger partial charge is 0.251 e. The Morgan fingerprint density at radius 1 is 1.16 bits per heavy atom. The van der Waals surface area contributed by atoms with Gasteiger partial charge in [-0.2, -0.15) is 0 Å². The van der Waals surface area contributed by atoms with Gasteiger partial charge in [0.15, 0.2) is 5.78 Å².